The van der Waals surface area contributed by atoms with E-state index in [9.17, 15) is 9.90 Å². The molecule has 245 valence electrons. The Balaban J connectivity index is 0.000000234. The molecule has 0 aliphatic heterocycles. The Labute approximate surface area is 288 Å². The Bertz CT molecular complexity index is 2060. The van der Waals surface area contributed by atoms with Crippen molar-refractivity contribution in [3.05, 3.63) is 72.3 Å². The second-order valence-corrected chi connectivity index (χ2v) is 19.3. The van der Waals surface area contributed by atoms with Crippen LogP contribution in [-0.2, 0) is 24.9 Å². The van der Waals surface area contributed by atoms with Crippen LogP contribution in [0.25, 0.3) is 49.1 Å². The molecule has 0 saturated carbocycles. The molecule has 0 bridgehead atoms. The molecule has 3 aromatic heterocycles. The van der Waals surface area contributed by atoms with Gasteiger partial charge in [-0.1, -0.05) is 102 Å². The van der Waals surface area contributed by atoms with E-state index < -0.39 is 8.07 Å². The number of carbonyl (C=O) groups is 1. The Kier molecular flexibility index (Phi) is 10.2. The van der Waals surface area contributed by atoms with E-state index in [1.807, 2.05) is 41.5 Å². The zero-order chi connectivity index (χ0) is 32.9. The number of nitrogens with zero attached hydrogens (tertiary/aromatic N) is 3. The molecule has 46 heavy (non-hydrogen) atoms. The molecule has 0 spiro atoms. The van der Waals surface area contributed by atoms with Crippen molar-refractivity contribution in [2.75, 3.05) is 0 Å². The Morgan fingerprint density at radius 1 is 0.913 bits per heavy atom. The number of hydrogen-bond acceptors (Lipinski definition) is 4. The third-order valence-electron chi connectivity index (χ3n) is 10.5. The van der Waals surface area contributed by atoms with Gasteiger partial charge in [-0.25, -0.2) is 4.98 Å². The van der Waals surface area contributed by atoms with Crippen molar-refractivity contribution in [2.45, 2.75) is 93.8 Å². The quantitative estimate of drug-likeness (QED) is 0.0415. The number of rotatable bonds is 8. The first-order valence-corrected chi connectivity index (χ1v) is 19.9. The molecule has 0 saturated heterocycles. The van der Waals surface area contributed by atoms with Crippen molar-refractivity contribution in [3.8, 4) is 0 Å². The number of allylic oxidation sites excluding steroid dienone is 2. The summed E-state index contributed by atoms with van der Waals surface area (Å²) >= 11 is 0. The summed E-state index contributed by atoms with van der Waals surface area (Å²) in [5, 5.41) is 16.3. The first kappa shape index (κ1) is 35.7. The van der Waals surface area contributed by atoms with Gasteiger partial charge in [0.25, 0.3) is 0 Å². The van der Waals surface area contributed by atoms with E-state index in [0.717, 1.165) is 53.1 Å². The Hall–Kier alpha value is -3.12. The predicted molar refractivity (Wildman–Crippen MR) is 194 cm³/mol. The predicted octanol–water partition coefficient (Wildman–Crippen LogP) is 10.1. The smallest absolute Gasteiger partial charge is 0.164 e. The average Bonchev–Trinajstić information content (AvgIpc) is 3.36. The SMILES string of the molecule is CCC(C)(CC)C(=O)/C=C(\O)C(C)(CC)CC.Cc1[c-]c2c3ncnc4cc([Si](C)(C)C)cc(c43)n3c4ccccc4c(c1)c23.[Ir]. The molecule has 0 aliphatic carbocycles. The van der Waals surface area contributed by atoms with Crippen LogP contribution in [-0.4, -0.2) is 33.3 Å². The summed E-state index contributed by atoms with van der Waals surface area (Å²) in [5.74, 6) is 0.286. The number of carbonyl (C=O) groups excluding carboxylic acids is 1. The van der Waals surface area contributed by atoms with Gasteiger partial charge in [-0.05, 0) is 54.8 Å². The summed E-state index contributed by atoms with van der Waals surface area (Å²) in [4.78, 5) is 21.6. The van der Waals surface area contributed by atoms with Crippen molar-refractivity contribution in [1.29, 1.82) is 0 Å². The number of fused-ring (bicyclic) bond motifs is 5. The first-order chi connectivity index (χ1) is 21.2. The average molecular weight is 811 g/mol. The van der Waals surface area contributed by atoms with E-state index >= 15 is 0 Å². The minimum atomic E-state index is -1.50. The number of pyridine rings is 1. The molecule has 0 aliphatic rings. The molecule has 1 radical (unpaired) electrons. The molecule has 6 rings (SSSR count). The summed E-state index contributed by atoms with van der Waals surface area (Å²) in [7, 11) is -1.50. The van der Waals surface area contributed by atoms with Crippen LogP contribution in [0.4, 0.5) is 0 Å². The molecule has 7 heteroatoms. The van der Waals surface area contributed by atoms with E-state index in [-0.39, 0.29) is 42.5 Å². The number of aryl methyl sites for hydroxylation is 1. The van der Waals surface area contributed by atoms with Gasteiger partial charge >= 0.3 is 0 Å². The fraction of sp³-hybridized carbons (Fsp3) is 0.410. The van der Waals surface area contributed by atoms with Crippen LogP contribution in [0.15, 0.2) is 60.6 Å². The number of aliphatic hydroxyl groups is 1. The van der Waals surface area contributed by atoms with Crippen molar-refractivity contribution < 1.29 is 30.0 Å². The normalized spacial score (nSPS) is 13.0. The topological polar surface area (TPSA) is 67.5 Å². The summed E-state index contributed by atoms with van der Waals surface area (Å²) in [5.41, 5.74) is 6.24. The van der Waals surface area contributed by atoms with Gasteiger partial charge in [0, 0.05) is 58.9 Å². The minimum absolute atomic E-state index is 0. The van der Waals surface area contributed by atoms with Gasteiger partial charge in [-0.3, -0.25) is 9.78 Å². The molecule has 5 nitrogen and oxygen atoms in total. The Morgan fingerprint density at radius 2 is 1.54 bits per heavy atom. The summed E-state index contributed by atoms with van der Waals surface area (Å²) in [6, 6.07) is 19.2. The molecule has 3 heterocycles. The number of hydrogen-bond donors (Lipinski definition) is 1. The van der Waals surface area contributed by atoms with Crippen LogP contribution in [0.2, 0.25) is 19.6 Å². The van der Waals surface area contributed by atoms with Crippen LogP contribution < -0.4 is 5.19 Å². The van der Waals surface area contributed by atoms with Gasteiger partial charge in [0.1, 0.15) is 12.1 Å². The summed E-state index contributed by atoms with van der Waals surface area (Å²) in [6.07, 6.45) is 6.46. The van der Waals surface area contributed by atoms with Gasteiger partial charge in [-0.2, -0.15) is 0 Å². The monoisotopic (exact) mass is 811 g/mol. The van der Waals surface area contributed by atoms with Crippen LogP contribution in [0, 0.1) is 23.8 Å². The van der Waals surface area contributed by atoms with Gasteiger partial charge in [0.2, 0.25) is 0 Å². The second-order valence-electron chi connectivity index (χ2n) is 14.2. The van der Waals surface area contributed by atoms with Crippen LogP contribution in [0.3, 0.4) is 0 Å². The molecule has 3 aromatic carbocycles. The number of aliphatic hydroxyl groups excluding tert-OH is 1. The van der Waals surface area contributed by atoms with Crippen molar-refractivity contribution in [2.24, 2.45) is 10.8 Å². The fourth-order valence-corrected chi connectivity index (χ4v) is 7.38. The van der Waals surface area contributed by atoms with Crippen molar-refractivity contribution >= 4 is 68.2 Å². The standard InChI is InChI=1S/C24H20N3Si.C15H28O2.Ir/c1-14-9-17-16-7-5-6-8-20(16)27-21-12-15(28(2,3)4)11-19-22(21)23(26-13-25-19)18(10-14)24(17)27;1-7-14(5,8-2)12(16)11-13(17)15(6,9-3)10-4;/h5-9,11-13H,1-4H3;11,16H,7-10H2,1-6H3;/q-1;;/b;12-11-;. The number of para-hydroxylation sites is 1. The molecule has 0 unspecified atom stereocenters. The maximum Gasteiger partial charge on any atom is 0.164 e. The largest absolute Gasteiger partial charge is 0.512 e. The fourth-order valence-electron chi connectivity index (χ4n) is 6.24. The minimum Gasteiger partial charge on any atom is -0.512 e. The molecular formula is C39H48IrN3O2Si-. The second kappa shape index (κ2) is 13.2. The number of aromatic nitrogens is 3. The number of benzene rings is 3. The molecule has 0 atom stereocenters. The maximum atomic E-state index is 12.2. The molecule has 6 aromatic rings. The maximum absolute atomic E-state index is 12.2. The first-order valence-electron chi connectivity index (χ1n) is 16.4. The molecular weight excluding hydrogens is 763 g/mol. The van der Waals surface area contributed by atoms with E-state index in [2.05, 4.69) is 84.5 Å². The summed E-state index contributed by atoms with van der Waals surface area (Å²) < 4.78 is 2.41. The van der Waals surface area contributed by atoms with Crippen LogP contribution in [0.5, 0.6) is 0 Å². The van der Waals surface area contributed by atoms with E-state index in [0.29, 0.717) is 0 Å². The molecule has 1 N–H and O–H groups in total. The third kappa shape index (κ3) is 6.02. The van der Waals surface area contributed by atoms with Crippen molar-refractivity contribution in [3.63, 3.8) is 0 Å². The van der Waals surface area contributed by atoms with Gasteiger partial charge < -0.3 is 9.51 Å². The van der Waals surface area contributed by atoms with Gasteiger partial charge in [-0.15, -0.1) is 17.7 Å². The zero-order valence-electron chi connectivity index (χ0n) is 29.1. The van der Waals surface area contributed by atoms with E-state index in [1.165, 1.54) is 38.6 Å². The van der Waals surface area contributed by atoms with Gasteiger partial charge in [0.15, 0.2) is 5.78 Å². The van der Waals surface area contributed by atoms with Crippen LogP contribution >= 0.6 is 0 Å². The zero-order valence-corrected chi connectivity index (χ0v) is 32.5. The third-order valence-corrected chi connectivity index (χ3v) is 12.5. The molecule has 0 fully saturated rings. The van der Waals surface area contributed by atoms with E-state index in [1.54, 1.807) is 6.33 Å². The number of ketones is 1. The van der Waals surface area contributed by atoms with E-state index in [4.69, 9.17) is 4.98 Å². The van der Waals surface area contributed by atoms with Gasteiger partial charge in [0.05, 0.1) is 13.6 Å². The molecule has 0 amide bonds. The summed E-state index contributed by atoms with van der Waals surface area (Å²) in [6.45, 7) is 21.4. The van der Waals surface area contributed by atoms with Crippen molar-refractivity contribution in [1.82, 2.24) is 14.4 Å². The Morgan fingerprint density at radius 3 is 2.15 bits per heavy atom. The van der Waals surface area contributed by atoms with Crippen LogP contribution in [0.1, 0.15) is 72.8 Å².